The minimum atomic E-state index is -2.79. The second kappa shape index (κ2) is 11.1. The zero-order valence-electron chi connectivity index (χ0n) is 14.5. The molecule has 0 fully saturated rings. The lowest BCUT2D eigenvalue weighted by Crippen LogP contribution is -2.15. The van der Waals surface area contributed by atoms with Gasteiger partial charge < -0.3 is 15.9 Å². The molecule has 0 aliphatic rings. The molecule has 2 rings (SSSR count). The summed E-state index contributed by atoms with van der Waals surface area (Å²) in [4.78, 5) is 3.88. The van der Waals surface area contributed by atoms with Gasteiger partial charge in [-0.25, -0.2) is 4.98 Å². The largest absolute Gasteiger partial charge is 0.435 e. The maximum atomic E-state index is 12.0. The molecule has 8 heteroatoms. The second-order valence-corrected chi connectivity index (χ2v) is 6.21. The second-order valence-electron chi connectivity index (χ2n) is 5.39. The molecule has 0 spiro atoms. The number of aromatic nitrogens is 1. The number of halogens is 4. The van der Waals surface area contributed by atoms with Crippen molar-refractivity contribution in [2.45, 2.75) is 33.3 Å². The number of ether oxygens (including phenoxy) is 1. The number of hydrogen-bond donors (Lipinski definition) is 2. The van der Waals surface area contributed by atoms with Gasteiger partial charge in [-0.1, -0.05) is 36.5 Å². The summed E-state index contributed by atoms with van der Waals surface area (Å²) >= 11 is 11.4. The standard InChI is InChI=1S/C10H11ClF2O.C8H10ClN3/c1-2-3-7-6-8(11)4-5-9(7)14-10(12)13;1-5-2-8(9)12-4-6(5)7(11)3-10/h4-6,10H,2-3H2,1H3;2,4,11H,3,10H2,1H3. The van der Waals surface area contributed by atoms with E-state index in [1.54, 1.807) is 24.4 Å². The summed E-state index contributed by atoms with van der Waals surface area (Å²) in [6.07, 6.45) is 3.12. The van der Waals surface area contributed by atoms with Crippen LogP contribution in [0.25, 0.3) is 0 Å². The highest BCUT2D eigenvalue weighted by Crippen LogP contribution is 2.25. The Hall–Kier alpha value is -1.76. The first-order valence-electron chi connectivity index (χ1n) is 7.91. The summed E-state index contributed by atoms with van der Waals surface area (Å²) in [5.41, 5.74) is 8.14. The Morgan fingerprint density at radius 2 is 2.00 bits per heavy atom. The van der Waals surface area contributed by atoms with Gasteiger partial charge >= 0.3 is 6.61 Å². The molecular formula is C18H21Cl2F2N3O. The Labute approximate surface area is 161 Å². The molecular weight excluding hydrogens is 383 g/mol. The van der Waals surface area contributed by atoms with Crippen LogP contribution in [0, 0.1) is 12.3 Å². The van der Waals surface area contributed by atoms with Gasteiger partial charge in [0.2, 0.25) is 0 Å². The van der Waals surface area contributed by atoms with E-state index in [1.165, 1.54) is 6.07 Å². The van der Waals surface area contributed by atoms with E-state index in [2.05, 4.69) is 9.72 Å². The fourth-order valence-electron chi connectivity index (χ4n) is 2.17. The van der Waals surface area contributed by atoms with E-state index < -0.39 is 6.61 Å². The predicted octanol–water partition coefficient (Wildman–Crippen LogP) is 5.26. The van der Waals surface area contributed by atoms with Crippen molar-refractivity contribution in [2.75, 3.05) is 6.54 Å². The zero-order chi connectivity index (χ0) is 19.7. The van der Waals surface area contributed by atoms with Gasteiger partial charge in [0, 0.05) is 23.3 Å². The van der Waals surface area contributed by atoms with Crippen LogP contribution >= 0.6 is 23.2 Å². The summed E-state index contributed by atoms with van der Waals surface area (Å²) in [6.45, 7) is 1.29. The highest BCUT2D eigenvalue weighted by molar-refractivity contribution is 6.30. The van der Waals surface area contributed by atoms with E-state index in [1.807, 2.05) is 13.8 Å². The van der Waals surface area contributed by atoms with Crippen molar-refractivity contribution in [3.8, 4) is 5.75 Å². The third-order valence-electron chi connectivity index (χ3n) is 3.36. The Bertz CT molecular complexity index is 742. The molecule has 142 valence electrons. The van der Waals surface area contributed by atoms with E-state index >= 15 is 0 Å². The molecule has 0 unspecified atom stereocenters. The molecule has 1 aromatic carbocycles. The fraction of sp³-hybridized carbons (Fsp3) is 0.333. The van der Waals surface area contributed by atoms with Crippen molar-refractivity contribution >= 4 is 28.9 Å². The van der Waals surface area contributed by atoms with E-state index in [-0.39, 0.29) is 12.3 Å². The normalized spacial score (nSPS) is 10.3. The zero-order valence-corrected chi connectivity index (χ0v) is 16.0. The maximum Gasteiger partial charge on any atom is 0.387 e. The average Bonchev–Trinajstić information content (AvgIpc) is 2.57. The van der Waals surface area contributed by atoms with Gasteiger partial charge in [0.05, 0.1) is 5.71 Å². The number of nitrogens with zero attached hydrogens (tertiary/aromatic N) is 1. The summed E-state index contributed by atoms with van der Waals surface area (Å²) in [5.74, 6) is 0.214. The van der Waals surface area contributed by atoms with Gasteiger partial charge in [-0.3, -0.25) is 0 Å². The highest BCUT2D eigenvalue weighted by Gasteiger charge is 2.09. The molecule has 1 heterocycles. The first-order chi connectivity index (χ1) is 12.3. The number of rotatable bonds is 6. The van der Waals surface area contributed by atoms with Crippen molar-refractivity contribution in [1.82, 2.24) is 4.98 Å². The summed E-state index contributed by atoms with van der Waals surface area (Å²) in [7, 11) is 0. The molecule has 0 amide bonds. The van der Waals surface area contributed by atoms with Gasteiger partial charge in [0.1, 0.15) is 10.9 Å². The molecule has 0 bridgehead atoms. The lowest BCUT2D eigenvalue weighted by Gasteiger charge is -2.09. The number of alkyl halides is 2. The van der Waals surface area contributed by atoms with Crippen LogP contribution < -0.4 is 10.5 Å². The molecule has 2 aromatic rings. The molecule has 0 aliphatic carbocycles. The lowest BCUT2D eigenvalue weighted by molar-refractivity contribution is -0.0504. The third-order valence-corrected chi connectivity index (χ3v) is 3.81. The molecule has 1 aromatic heterocycles. The van der Waals surface area contributed by atoms with Gasteiger partial charge in [-0.2, -0.15) is 8.78 Å². The van der Waals surface area contributed by atoms with Crippen LogP contribution in [0.2, 0.25) is 10.2 Å². The molecule has 4 nitrogen and oxygen atoms in total. The van der Waals surface area contributed by atoms with E-state index in [4.69, 9.17) is 34.3 Å². The van der Waals surface area contributed by atoms with E-state index in [9.17, 15) is 8.78 Å². The van der Waals surface area contributed by atoms with Crippen LogP contribution in [0.5, 0.6) is 5.75 Å². The first-order valence-corrected chi connectivity index (χ1v) is 8.67. The average molecular weight is 404 g/mol. The van der Waals surface area contributed by atoms with E-state index in [0.717, 1.165) is 23.1 Å². The SMILES string of the molecule is CCCc1cc(Cl)ccc1OC(F)F.Cc1cc(Cl)ncc1C(=N)CN. The van der Waals surface area contributed by atoms with Crippen LogP contribution in [0.3, 0.4) is 0 Å². The van der Waals surface area contributed by atoms with Crippen LogP contribution in [-0.4, -0.2) is 23.9 Å². The smallest absolute Gasteiger partial charge is 0.387 e. The molecule has 0 radical (unpaired) electrons. The minimum Gasteiger partial charge on any atom is -0.435 e. The molecule has 0 aliphatic heterocycles. The van der Waals surface area contributed by atoms with Crippen molar-refractivity contribution < 1.29 is 13.5 Å². The number of hydrogen-bond acceptors (Lipinski definition) is 4. The summed E-state index contributed by atoms with van der Waals surface area (Å²) in [6, 6.07) is 6.39. The van der Waals surface area contributed by atoms with E-state index in [0.29, 0.717) is 22.3 Å². The van der Waals surface area contributed by atoms with Crippen molar-refractivity contribution in [1.29, 1.82) is 5.41 Å². The van der Waals surface area contributed by atoms with Crippen LogP contribution in [-0.2, 0) is 6.42 Å². The van der Waals surface area contributed by atoms with Crippen molar-refractivity contribution in [2.24, 2.45) is 5.73 Å². The quantitative estimate of drug-likeness (QED) is 0.509. The number of aryl methyl sites for hydroxylation is 2. The topological polar surface area (TPSA) is 72.0 Å². The van der Waals surface area contributed by atoms with Crippen LogP contribution in [0.15, 0.2) is 30.5 Å². The summed E-state index contributed by atoms with van der Waals surface area (Å²) in [5, 5.41) is 8.46. The Balaban J connectivity index is 0.000000263. The number of benzene rings is 1. The minimum absolute atomic E-state index is 0.214. The van der Waals surface area contributed by atoms with Gasteiger partial charge in [0.15, 0.2) is 0 Å². The van der Waals surface area contributed by atoms with Crippen LogP contribution in [0.1, 0.15) is 30.0 Å². The Morgan fingerprint density at radius 1 is 1.31 bits per heavy atom. The Morgan fingerprint density at radius 3 is 2.54 bits per heavy atom. The monoisotopic (exact) mass is 403 g/mol. The van der Waals surface area contributed by atoms with Crippen molar-refractivity contribution in [3.05, 3.63) is 57.3 Å². The first kappa shape index (κ1) is 22.3. The van der Waals surface area contributed by atoms with Gasteiger partial charge in [-0.05, 0) is 48.7 Å². The third kappa shape index (κ3) is 7.23. The number of nitrogens with one attached hydrogen (secondary N) is 1. The highest BCUT2D eigenvalue weighted by atomic mass is 35.5. The number of nitrogens with two attached hydrogens (primary N) is 1. The molecule has 0 saturated heterocycles. The van der Waals surface area contributed by atoms with Gasteiger partial charge in [0.25, 0.3) is 0 Å². The lowest BCUT2D eigenvalue weighted by atomic mass is 10.1. The van der Waals surface area contributed by atoms with Crippen LogP contribution in [0.4, 0.5) is 8.78 Å². The fourth-order valence-corrected chi connectivity index (χ4v) is 2.58. The number of pyridine rings is 1. The van der Waals surface area contributed by atoms with Gasteiger partial charge in [-0.15, -0.1) is 0 Å². The molecule has 3 N–H and O–H groups in total. The molecule has 0 atom stereocenters. The summed E-state index contributed by atoms with van der Waals surface area (Å²) < 4.78 is 28.3. The molecule has 0 saturated carbocycles. The van der Waals surface area contributed by atoms with Crippen molar-refractivity contribution in [3.63, 3.8) is 0 Å². The predicted molar refractivity (Wildman–Crippen MR) is 102 cm³/mol. The molecule has 26 heavy (non-hydrogen) atoms. The Kier molecular flexibility index (Phi) is 9.48. The maximum absolute atomic E-state index is 12.0.